The molecule has 72 heavy (non-hydrogen) atoms. The number of carbonyl (C=O) groups is 6. The highest BCUT2D eigenvalue weighted by molar-refractivity contribution is 5.87. The maximum absolute atomic E-state index is 14.1. The topological polar surface area (TPSA) is 491 Å². The van der Waals surface area contributed by atoms with Crippen LogP contribution < -0.4 is 47.9 Å². The van der Waals surface area contributed by atoms with E-state index in [1.807, 2.05) is 0 Å². The van der Waals surface area contributed by atoms with Gasteiger partial charge in [-0.3, -0.25) is 29.5 Å². The third-order valence-electron chi connectivity index (χ3n) is 11.6. The van der Waals surface area contributed by atoms with Gasteiger partial charge in [0.2, 0.25) is 17.8 Å². The molecular weight excluding hydrogens is 978 g/mol. The van der Waals surface area contributed by atoms with Crippen LogP contribution in [-0.2, 0) is 57.1 Å². The molecular formula is C39H60N9O24-. The number of nitrogens with one attached hydrogen (secondary N) is 8. The third kappa shape index (κ3) is 14.0. The smallest absolute Gasteiger partial charge is 0.322 e. The number of aliphatic hydroxyl groups excluding tert-OH is 8. The zero-order chi connectivity index (χ0) is 53.3. The highest BCUT2D eigenvalue weighted by Gasteiger charge is 2.57. The van der Waals surface area contributed by atoms with Crippen LogP contribution in [0.1, 0.15) is 26.5 Å². The number of aromatic nitrogens is 2. The second-order valence-electron chi connectivity index (χ2n) is 16.8. The van der Waals surface area contributed by atoms with Gasteiger partial charge in [-0.2, -0.15) is 0 Å². The van der Waals surface area contributed by atoms with Crippen LogP contribution in [0.3, 0.4) is 0 Å². The van der Waals surface area contributed by atoms with E-state index in [9.17, 15) is 79.5 Å². The molecule has 406 valence electrons. The number of nitrogens with zero attached hydrogens (tertiary/aromatic N) is 1. The number of carboxylic acids is 1. The first-order valence-electron chi connectivity index (χ1n) is 22.1. The van der Waals surface area contributed by atoms with Crippen molar-refractivity contribution in [2.24, 2.45) is 0 Å². The van der Waals surface area contributed by atoms with Crippen LogP contribution in [0.15, 0.2) is 10.9 Å². The molecule has 0 aromatic carbocycles. The number of carbonyl (C=O) groups excluding carboxylic acids is 6. The number of aromatic amines is 1. The molecule has 0 aliphatic carbocycles. The average Bonchev–Trinajstić information content (AvgIpc) is 3.30. The summed E-state index contributed by atoms with van der Waals surface area (Å²) in [5.74, 6) is -4.87. The summed E-state index contributed by atoms with van der Waals surface area (Å²) in [6.45, 7) is 2.03. The molecule has 8 unspecified atom stereocenters. The van der Waals surface area contributed by atoms with E-state index in [-0.39, 0.29) is 5.95 Å². The van der Waals surface area contributed by atoms with Gasteiger partial charge in [0, 0.05) is 32.7 Å². The summed E-state index contributed by atoms with van der Waals surface area (Å²) in [6, 6.07) is -3.74. The minimum absolute atomic E-state index is 0.188. The van der Waals surface area contributed by atoms with E-state index in [1.54, 1.807) is 0 Å². The van der Waals surface area contributed by atoms with Crippen molar-refractivity contribution in [1.29, 1.82) is 0 Å². The molecule has 33 heteroatoms. The minimum Gasteiger partial charge on any atom is -0.547 e. The molecule has 5 heterocycles. The molecule has 7 amide bonds. The Morgan fingerprint density at radius 3 is 1.71 bits per heavy atom. The predicted octanol–water partition coefficient (Wildman–Crippen LogP) is -10.4. The highest BCUT2D eigenvalue weighted by atomic mass is 16.8. The monoisotopic (exact) mass is 1040 g/mol. The number of urea groups is 2. The molecule has 0 radical (unpaired) electrons. The molecule has 16 N–H and O–H groups in total. The molecule has 0 bridgehead atoms. The SMILES string of the molecule is CO[C@@H]1C(C(=O)[O-])O[C@@H](O[C@@H]2C(NC(C)=O)[C@H](O[C@H]3C(O)C(O)[C@H](OC4C(NC(C)=O)[C@H](C)O[C@@H](CO)[C@H]4O)O[C@H]3C(=O)NCNC(=O)NCNC(=O)Nc3nc(C)cc(=O)[nH]3)OC(CO)[C@H]2O)C(O)[C@H]1O. The highest BCUT2D eigenvalue weighted by Crippen LogP contribution is 2.35. The van der Waals surface area contributed by atoms with Crippen molar-refractivity contribution in [3.8, 4) is 0 Å². The zero-order valence-corrected chi connectivity index (χ0v) is 39.0. The largest absolute Gasteiger partial charge is 0.547 e. The van der Waals surface area contributed by atoms with Gasteiger partial charge in [0.15, 0.2) is 25.0 Å². The fraction of sp³-hybridized carbons (Fsp3) is 0.744. The van der Waals surface area contributed by atoms with Gasteiger partial charge in [0.1, 0.15) is 85.4 Å². The average molecular weight is 1040 g/mol. The Balaban J connectivity index is 1.39. The number of hydrogen-bond acceptors (Lipinski definition) is 25. The molecule has 4 fully saturated rings. The third-order valence-corrected chi connectivity index (χ3v) is 11.6. The first-order chi connectivity index (χ1) is 34.0. The summed E-state index contributed by atoms with van der Waals surface area (Å²) in [7, 11) is 1.00. The number of amides is 7. The first kappa shape index (κ1) is 57.6. The molecule has 0 spiro atoms. The second-order valence-corrected chi connectivity index (χ2v) is 16.8. The molecule has 0 saturated carbocycles. The molecule has 1 aromatic rings. The number of rotatable bonds is 18. The van der Waals surface area contributed by atoms with Crippen molar-refractivity contribution in [2.75, 3.05) is 39.0 Å². The lowest BCUT2D eigenvalue weighted by Crippen LogP contribution is -2.71. The predicted molar refractivity (Wildman–Crippen MR) is 227 cm³/mol. The van der Waals surface area contributed by atoms with E-state index in [0.29, 0.717) is 5.69 Å². The Morgan fingerprint density at radius 1 is 0.667 bits per heavy atom. The van der Waals surface area contributed by atoms with Crippen molar-refractivity contribution in [3.05, 3.63) is 22.1 Å². The Morgan fingerprint density at radius 2 is 1.17 bits per heavy atom. The van der Waals surface area contributed by atoms with Crippen LogP contribution in [0.5, 0.6) is 0 Å². The van der Waals surface area contributed by atoms with Gasteiger partial charge in [0.05, 0.1) is 44.7 Å². The van der Waals surface area contributed by atoms with Gasteiger partial charge in [0.25, 0.3) is 11.5 Å². The lowest BCUT2D eigenvalue weighted by atomic mass is 9.92. The van der Waals surface area contributed by atoms with Gasteiger partial charge >= 0.3 is 12.1 Å². The molecule has 1 aromatic heterocycles. The van der Waals surface area contributed by atoms with Gasteiger partial charge in [-0.1, -0.05) is 0 Å². The maximum atomic E-state index is 14.1. The fourth-order valence-electron chi connectivity index (χ4n) is 8.16. The van der Waals surface area contributed by atoms with Crippen molar-refractivity contribution < 1.29 is 113 Å². The number of H-pyrrole nitrogens is 1. The fourth-order valence-corrected chi connectivity index (χ4v) is 8.16. The first-order valence-corrected chi connectivity index (χ1v) is 22.1. The molecule has 20 atom stereocenters. The Hall–Kier alpha value is -5.34. The van der Waals surface area contributed by atoms with Crippen molar-refractivity contribution >= 4 is 41.7 Å². The van der Waals surface area contributed by atoms with Crippen LogP contribution in [0.2, 0.25) is 0 Å². The number of hydrogen-bond donors (Lipinski definition) is 16. The van der Waals surface area contributed by atoms with E-state index in [4.69, 9.17) is 37.9 Å². The molecule has 33 nitrogen and oxygen atoms in total. The van der Waals surface area contributed by atoms with E-state index in [2.05, 4.69) is 47.2 Å². The van der Waals surface area contributed by atoms with E-state index >= 15 is 0 Å². The van der Waals surface area contributed by atoms with Crippen molar-refractivity contribution in [2.45, 2.75) is 150 Å². The number of methoxy groups -OCH3 is 1. The number of ether oxygens (including phenoxy) is 8. The second kappa shape index (κ2) is 25.5. The quantitative estimate of drug-likeness (QED) is 0.0607. The zero-order valence-electron chi connectivity index (χ0n) is 39.0. The Kier molecular flexibility index (Phi) is 20.4. The van der Waals surface area contributed by atoms with Crippen LogP contribution in [0.25, 0.3) is 0 Å². The summed E-state index contributed by atoms with van der Waals surface area (Å²) < 4.78 is 45.3. The van der Waals surface area contributed by atoms with Gasteiger partial charge in [-0.15, -0.1) is 0 Å². The lowest BCUT2D eigenvalue weighted by Gasteiger charge is -2.50. The van der Waals surface area contributed by atoms with Crippen LogP contribution in [0.4, 0.5) is 15.5 Å². The summed E-state index contributed by atoms with van der Waals surface area (Å²) in [4.78, 5) is 93.7. The van der Waals surface area contributed by atoms with Gasteiger partial charge < -0.3 is 121 Å². The Labute approximate surface area is 407 Å². The van der Waals surface area contributed by atoms with E-state index in [1.165, 1.54) is 19.9 Å². The summed E-state index contributed by atoms with van der Waals surface area (Å²) >= 11 is 0. The van der Waals surface area contributed by atoms with Crippen molar-refractivity contribution in [1.82, 2.24) is 41.9 Å². The van der Waals surface area contributed by atoms with E-state index in [0.717, 1.165) is 21.0 Å². The van der Waals surface area contributed by atoms with E-state index < -0.39 is 190 Å². The summed E-state index contributed by atoms with van der Waals surface area (Å²) in [6.07, 6.45) is -34.4. The molecule has 4 aliphatic heterocycles. The van der Waals surface area contributed by atoms with Crippen LogP contribution in [-0.4, -0.2) is 243 Å². The van der Waals surface area contributed by atoms with Crippen LogP contribution in [0, 0.1) is 6.92 Å². The van der Waals surface area contributed by atoms with Crippen molar-refractivity contribution in [3.63, 3.8) is 0 Å². The number of aliphatic hydroxyl groups is 8. The molecule has 4 aliphatic rings. The Bertz CT molecular complexity index is 2110. The number of aliphatic carboxylic acids is 1. The summed E-state index contributed by atoms with van der Waals surface area (Å²) in [5, 5.41) is 116. The number of aryl methyl sites for hydroxylation is 1. The normalized spacial score (nSPS) is 36.8. The lowest BCUT2D eigenvalue weighted by molar-refractivity contribution is -0.374. The minimum atomic E-state index is -2.31. The number of carboxylic acid groups (broad SMARTS) is 1. The number of anilines is 1. The summed E-state index contributed by atoms with van der Waals surface area (Å²) in [5.41, 5.74) is -0.240. The van der Waals surface area contributed by atoms with Gasteiger partial charge in [-0.05, 0) is 13.8 Å². The molecule has 4 saturated heterocycles. The standard InChI is InChI=1S/C39H61N9O24/c1-11-6-17(53)47-37(44-11)48-39(64)43-10-42-38(63)41-9-40-32(60)30-29(23(57)25(59)35(71-30)68-26-18(45-13(3)51)12(2)66-15(7-49)20(26)54)70-34-19(46-14(4)52)27(21(55)16(8-50)67-34)69-36-24(58)22(56)28(65-5)31(72-36)33(61)62/h6,12,15-16,18-31,34-36,49-50,54-59H,7-10H2,1-5H3,(H,40,60)(H,45,51)(H,46,52)(H,61,62)(H2,41,42,63)(H3,43,44,47,48,53,64)/p-1/t12-,15-,16?,18?,19?,20+,21+,22+,23?,24?,25?,26?,27+,28-,29-,30+,31?,34-,35+,36+/m0/s1. The molecule has 5 rings (SSSR count). The maximum Gasteiger partial charge on any atom is 0.322 e. The van der Waals surface area contributed by atoms with Gasteiger partial charge in [-0.25, -0.2) is 14.6 Å². The van der Waals surface area contributed by atoms with Crippen LogP contribution >= 0.6 is 0 Å².